The van der Waals surface area contributed by atoms with Crippen molar-refractivity contribution in [2.24, 2.45) is 5.92 Å². The van der Waals surface area contributed by atoms with Gasteiger partial charge in [-0.2, -0.15) is 0 Å². The van der Waals surface area contributed by atoms with Crippen molar-refractivity contribution < 1.29 is 4.79 Å². The van der Waals surface area contributed by atoms with Gasteiger partial charge >= 0.3 is 0 Å². The Balaban J connectivity index is 2.34. The summed E-state index contributed by atoms with van der Waals surface area (Å²) in [5, 5.41) is 2.91. The number of hydrogen-bond donors (Lipinski definition) is 1. The fraction of sp³-hybridized carbons (Fsp3) is 0.389. The van der Waals surface area contributed by atoms with E-state index in [1.54, 1.807) is 0 Å². The van der Waals surface area contributed by atoms with Crippen molar-refractivity contribution in [2.45, 2.75) is 33.6 Å². The molecule has 0 aliphatic carbocycles. The molecule has 0 fully saturated rings. The molecule has 0 unspecified atom stereocenters. The first-order valence-electron chi connectivity index (χ1n) is 7.08. The molecular weight excluding hydrogens is 246 g/mol. The second-order valence-electron chi connectivity index (χ2n) is 5.20. The molecule has 0 bridgehead atoms. The normalized spacial score (nSPS) is 10.9. The summed E-state index contributed by atoms with van der Waals surface area (Å²) in [5.41, 5.74) is 1.80. The van der Waals surface area contributed by atoms with Gasteiger partial charge in [-0.05, 0) is 31.4 Å². The lowest BCUT2D eigenvalue weighted by Gasteiger charge is -2.07. The highest BCUT2D eigenvalue weighted by molar-refractivity contribution is 5.92. The van der Waals surface area contributed by atoms with Gasteiger partial charge in [-0.1, -0.05) is 50.0 Å². The van der Waals surface area contributed by atoms with E-state index in [2.05, 4.69) is 31.0 Å². The van der Waals surface area contributed by atoms with Crippen LogP contribution in [0.4, 0.5) is 0 Å². The monoisotopic (exact) mass is 269 g/mol. The minimum absolute atomic E-state index is 0.0229. The standard InChI is InChI=1S/C18H23NO/c1-15(2)14-19-18(20)16(3)10-6-4-7-11-17-12-8-5-9-13-17/h5,8-10,12-13,15H,4,6,14H2,1-3H3,(H,19,20). The smallest absolute Gasteiger partial charge is 0.246 e. The Bertz CT molecular complexity index is 503. The second kappa shape index (κ2) is 8.98. The Morgan fingerprint density at radius 3 is 2.65 bits per heavy atom. The van der Waals surface area contributed by atoms with E-state index in [4.69, 9.17) is 0 Å². The molecule has 0 radical (unpaired) electrons. The minimum atomic E-state index is 0.0229. The summed E-state index contributed by atoms with van der Waals surface area (Å²) in [6.07, 6.45) is 3.53. The van der Waals surface area contributed by atoms with Crippen LogP contribution >= 0.6 is 0 Å². The molecule has 1 rings (SSSR count). The number of benzene rings is 1. The van der Waals surface area contributed by atoms with Gasteiger partial charge in [0, 0.05) is 24.1 Å². The van der Waals surface area contributed by atoms with Crippen LogP contribution in [0, 0.1) is 17.8 Å². The van der Waals surface area contributed by atoms with Gasteiger partial charge < -0.3 is 5.32 Å². The largest absolute Gasteiger partial charge is 0.352 e. The predicted molar refractivity (Wildman–Crippen MR) is 84.2 cm³/mol. The van der Waals surface area contributed by atoms with E-state index < -0.39 is 0 Å². The number of allylic oxidation sites excluding steroid dienone is 1. The first-order chi connectivity index (χ1) is 9.59. The molecule has 2 heteroatoms. The van der Waals surface area contributed by atoms with E-state index in [0.717, 1.165) is 30.5 Å². The van der Waals surface area contributed by atoms with E-state index in [1.807, 2.05) is 43.3 Å². The predicted octanol–water partition coefficient (Wildman–Crippen LogP) is 3.54. The SMILES string of the molecule is CC(=CCCC#Cc1ccccc1)C(=O)NCC(C)C. The van der Waals surface area contributed by atoms with Crippen LogP contribution in [0.5, 0.6) is 0 Å². The van der Waals surface area contributed by atoms with E-state index in [9.17, 15) is 4.79 Å². The molecule has 1 amide bonds. The highest BCUT2D eigenvalue weighted by atomic mass is 16.1. The molecule has 0 aliphatic heterocycles. The Morgan fingerprint density at radius 2 is 2.00 bits per heavy atom. The molecule has 0 spiro atoms. The summed E-state index contributed by atoms with van der Waals surface area (Å²) >= 11 is 0. The Kier molecular flexibility index (Phi) is 7.21. The van der Waals surface area contributed by atoms with Gasteiger partial charge in [-0.3, -0.25) is 4.79 Å². The molecule has 0 aromatic heterocycles. The van der Waals surface area contributed by atoms with Crippen molar-refractivity contribution in [3.8, 4) is 11.8 Å². The molecule has 1 N–H and O–H groups in total. The Morgan fingerprint density at radius 1 is 1.30 bits per heavy atom. The number of carbonyl (C=O) groups is 1. The summed E-state index contributed by atoms with van der Waals surface area (Å²) in [5.74, 6) is 6.73. The molecule has 20 heavy (non-hydrogen) atoms. The molecule has 2 nitrogen and oxygen atoms in total. The van der Waals surface area contributed by atoms with Crippen molar-refractivity contribution >= 4 is 5.91 Å². The molecule has 1 aromatic rings. The lowest BCUT2D eigenvalue weighted by Crippen LogP contribution is -2.27. The molecule has 0 saturated heterocycles. The number of nitrogens with one attached hydrogen (secondary N) is 1. The van der Waals surface area contributed by atoms with Gasteiger partial charge in [0.25, 0.3) is 0 Å². The first kappa shape index (κ1) is 16.0. The number of hydrogen-bond acceptors (Lipinski definition) is 1. The van der Waals surface area contributed by atoms with Crippen molar-refractivity contribution in [1.29, 1.82) is 0 Å². The van der Waals surface area contributed by atoms with Crippen molar-refractivity contribution in [2.75, 3.05) is 6.54 Å². The van der Waals surface area contributed by atoms with Crippen LogP contribution < -0.4 is 5.32 Å². The molecule has 0 atom stereocenters. The summed E-state index contributed by atoms with van der Waals surface area (Å²) in [4.78, 5) is 11.7. The van der Waals surface area contributed by atoms with Gasteiger partial charge in [0.05, 0.1) is 0 Å². The molecule has 106 valence electrons. The Hall–Kier alpha value is -2.01. The highest BCUT2D eigenvalue weighted by Gasteiger charge is 2.03. The molecular formula is C18H23NO. The van der Waals surface area contributed by atoms with Crippen molar-refractivity contribution in [3.63, 3.8) is 0 Å². The van der Waals surface area contributed by atoms with E-state index in [-0.39, 0.29) is 5.91 Å². The zero-order chi connectivity index (χ0) is 14.8. The average molecular weight is 269 g/mol. The topological polar surface area (TPSA) is 29.1 Å². The van der Waals surface area contributed by atoms with Gasteiger partial charge in [0.2, 0.25) is 5.91 Å². The number of carbonyl (C=O) groups excluding carboxylic acids is 1. The average Bonchev–Trinajstić information content (AvgIpc) is 2.45. The zero-order valence-electron chi connectivity index (χ0n) is 12.6. The van der Waals surface area contributed by atoms with Gasteiger partial charge in [0.1, 0.15) is 0 Å². The molecule has 0 saturated carbocycles. The maximum Gasteiger partial charge on any atom is 0.246 e. The number of rotatable bonds is 5. The van der Waals surface area contributed by atoms with Crippen LogP contribution in [0.25, 0.3) is 0 Å². The summed E-state index contributed by atoms with van der Waals surface area (Å²) in [7, 11) is 0. The maximum atomic E-state index is 11.7. The van der Waals surface area contributed by atoms with Gasteiger partial charge in [-0.15, -0.1) is 0 Å². The lowest BCUT2D eigenvalue weighted by molar-refractivity contribution is -0.117. The molecule has 0 heterocycles. The Labute approximate surface area is 122 Å². The van der Waals surface area contributed by atoms with Gasteiger partial charge in [-0.25, -0.2) is 0 Å². The van der Waals surface area contributed by atoms with Crippen LogP contribution in [-0.2, 0) is 4.79 Å². The first-order valence-corrected chi connectivity index (χ1v) is 7.08. The number of unbranched alkanes of at least 4 members (excludes halogenated alkanes) is 1. The van der Waals surface area contributed by atoms with Crippen molar-refractivity contribution in [1.82, 2.24) is 5.32 Å². The van der Waals surface area contributed by atoms with E-state index >= 15 is 0 Å². The zero-order valence-corrected chi connectivity index (χ0v) is 12.6. The van der Waals surface area contributed by atoms with Gasteiger partial charge in [0.15, 0.2) is 0 Å². The lowest BCUT2D eigenvalue weighted by atomic mass is 10.1. The summed E-state index contributed by atoms with van der Waals surface area (Å²) < 4.78 is 0. The van der Waals surface area contributed by atoms with Crippen LogP contribution in [0.1, 0.15) is 39.2 Å². The van der Waals surface area contributed by atoms with Crippen molar-refractivity contribution in [3.05, 3.63) is 47.5 Å². The fourth-order valence-electron chi connectivity index (χ4n) is 1.58. The third kappa shape index (κ3) is 6.80. The maximum absolute atomic E-state index is 11.7. The highest BCUT2D eigenvalue weighted by Crippen LogP contribution is 2.00. The quantitative estimate of drug-likeness (QED) is 0.494. The summed E-state index contributed by atoms with van der Waals surface area (Å²) in [6, 6.07) is 9.92. The minimum Gasteiger partial charge on any atom is -0.352 e. The summed E-state index contributed by atoms with van der Waals surface area (Å²) in [6.45, 7) is 6.73. The van der Waals surface area contributed by atoms with Crippen LogP contribution in [0.15, 0.2) is 42.0 Å². The molecule has 1 aromatic carbocycles. The van der Waals surface area contributed by atoms with Crippen LogP contribution in [-0.4, -0.2) is 12.5 Å². The van der Waals surface area contributed by atoms with Crippen LogP contribution in [0.3, 0.4) is 0 Å². The third-order valence-corrected chi connectivity index (χ3v) is 2.76. The fourth-order valence-corrected chi connectivity index (χ4v) is 1.58. The molecule has 0 aliphatic rings. The van der Waals surface area contributed by atoms with Crippen LogP contribution in [0.2, 0.25) is 0 Å². The number of amides is 1. The second-order valence-corrected chi connectivity index (χ2v) is 5.20. The third-order valence-electron chi connectivity index (χ3n) is 2.76. The van der Waals surface area contributed by atoms with E-state index in [1.165, 1.54) is 0 Å². The van der Waals surface area contributed by atoms with E-state index in [0.29, 0.717) is 5.92 Å².